The number of carboxylic acids is 1. The number of fused-ring (bicyclic) bond motifs is 6. The fourth-order valence-electron chi connectivity index (χ4n) is 4.18. The third-order valence-corrected chi connectivity index (χ3v) is 5.68. The first kappa shape index (κ1) is 20.4. The number of rotatable bonds is 3. The van der Waals surface area contributed by atoms with Crippen molar-refractivity contribution >= 4 is 17.9 Å². The normalized spacial score (nSPS) is 18.4. The fourth-order valence-corrected chi connectivity index (χ4v) is 4.18. The number of carboxylic acid groups (broad SMARTS) is 1. The van der Waals surface area contributed by atoms with Gasteiger partial charge in [-0.2, -0.15) is 0 Å². The maximum Gasteiger partial charge on any atom is 0.346 e. The molecule has 0 amide bonds. The van der Waals surface area contributed by atoms with Gasteiger partial charge in [-0.1, -0.05) is 18.2 Å². The van der Waals surface area contributed by atoms with Gasteiger partial charge < -0.3 is 29.5 Å². The van der Waals surface area contributed by atoms with Gasteiger partial charge in [0.2, 0.25) is 0 Å². The van der Waals surface area contributed by atoms with Crippen molar-refractivity contribution in [1.82, 2.24) is 0 Å². The molecule has 2 aliphatic rings. The minimum absolute atomic E-state index is 0.0814. The van der Waals surface area contributed by atoms with Crippen LogP contribution in [0.1, 0.15) is 44.3 Å². The third kappa shape index (κ3) is 2.82. The Labute approximate surface area is 186 Å². The lowest BCUT2D eigenvalue weighted by Crippen LogP contribution is -2.34. The van der Waals surface area contributed by atoms with E-state index in [4.69, 9.17) is 19.3 Å². The first-order chi connectivity index (χ1) is 15.7. The highest BCUT2D eigenvalue weighted by atomic mass is 16.6. The molecular weight excluding hydrogens is 432 g/mol. The van der Waals surface area contributed by atoms with Crippen molar-refractivity contribution in [3.8, 4) is 23.0 Å². The highest BCUT2D eigenvalue weighted by molar-refractivity contribution is 6.00. The predicted molar refractivity (Wildman–Crippen MR) is 111 cm³/mol. The van der Waals surface area contributed by atoms with Crippen molar-refractivity contribution < 1.29 is 43.9 Å². The van der Waals surface area contributed by atoms with E-state index in [1.807, 2.05) is 0 Å². The fraction of sp³-hybridized carbons (Fsp3) is 0.125. The molecule has 0 saturated carbocycles. The molecule has 0 aliphatic carbocycles. The van der Waals surface area contributed by atoms with Crippen LogP contribution in [0.5, 0.6) is 23.0 Å². The first-order valence-electron chi connectivity index (χ1n) is 9.88. The topological polar surface area (TPSA) is 140 Å². The van der Waals surface area contributed by atoms with Crippen LogP contribution in [0.2, 0.25) is 0 Å². The SMILES string of the molecule is CC(OC(=O)c1c(O)ccc2c1Oc1cc(O)ccc1C21OC(=O)c2ccccc21)C(=O)O. The van der Waals surface area contributed by atoms with Crippen molar-refractivity contribution in [1.29, 1.82) is 0 Å². The highest BCUT2D eigenvalue weighted by Crippen LogP contribution is 2.58. The van der Waals surface area contributed by atoms with Crippen LogP contribution in [-0.2, 0) is 19.9 Å². The number of hydrogen-bond acceptors (Lipinski definition) is 8. The van der Waals surface area contributed by atoms with Crippen LogP contribution in [0, 0.1) is 0 Å². The second kappa shape index (κ2) is 6.99. The van der Waals surface area contributed by atoms with Crippen LogP contribution in [0.4, 0.5) is 0 Å². The minimum atomic E-state index is -1.54. The Balaban J connectivity index is 1.80. The summed E-state index contributed by atoms with van der Waals surface area (Å²) < 4.78 is 16.8. The number of benzene rings is 3. The lowest BCUT2D eigenvalue weighted by Gasteiger charge is -2.37. The Bertz CT molecular complexity index is 1360. The van der Waals surface area contributed by atoms with Crippen molar-refractivity contribution in [3.05, 3.63) is 82.4 Å². The second-order valence-corrected chi connectivity index (χ2v) is 7.62. The zero-order chi connectivity index (χ0) is 23.5. The largest absolute Gasteiger partial charge is 0.508 e. The summed E-state index contributed by atoms with van der Waals surface area (Å²) >= 11 is 0. The van der Waals surface area contributed by atoms with E-state index in [0.29, 0.717) is 16.7 Å². The molecule has 0 fully saturated rings. The molecule has 9 nitrogen and oxygen atoms in total. The first-order valence-corrected chi connectivity index (χ1v) is 9.88. The van der Waals surface area contributed by atoms with Crippen LogP contribution in [0.3, 0.4) is 0 Å². The third-order valence-electron chi connectivity index (χ3n) is 5.68. The van der Waals surface area contributed by atoms with Gasteiger partial charge >= 0.3 is 17.9 Å². The Kier molecular flexibility index (Phi) is 4.32. The molecule has 0 saturated heterocycles. The highest BCUT2D eigenvalue weighted by Gasteiger charge is 2.54. The van der Waals surface area contributed by atoms with Crippen LogP contribution in [0.25, 0.3) is 0 Å². The van der Waals surface area contributed by atoms with E-state index in [1.54, 1.807) is 30.3 Å². The molecule has 2 heterocycles. The molecule has 1 spiro atoms. The van der Waals surface area contributed by atoms with E-state index in [1.165, 1.54) is 24.3 Å². The van der Waals surface area contributed by atoms with Crippen LogP contribution in [0.15, 0.2) is 54.6 Å². The van der Waals surface area contributed by atoms with Crippen molar-refractivity contribution in [3.63, 3.8) is 0 Å². The number of phenolic OH excluding ortho intramolecular Hbond substituents is 2. The Hall–Kier alpha value is -4.53. The monoisotopic (exact) mass is 448 g/mol. The molecule has 9 heteroatoms. The molecule has 3 N–H and O–H groups in total. The average Bonchev–Trinajstić information content (AvgIpc) is 3.06. The molecule has 2 unspecified atom stereocenters. The summed E-state index contributed by atoms with van der Waals surface area (Å²) in [6.45, 7) is 1.16. The molecule has 3 aromatic rings. The van der Waals surface area contributed by atoms with Crippen LogP contribution in [-0.4, -0.2) is 39.3 Å². The quantitative estimate of drug-likeness (QED) is 0.515. The number of hydrogen-bond donors (Lipinski definition) is 3. The average molecular weight is 448 g/mol. The second-order valence-electron chi connectivity index (χ2n) is 7.62. The Morgan fingerprint density at radius 1 is 1.00 bits per heavy atom. The summed E-state index contributed by atoms with van der Waals surface area (Å²) in [5, 5.41) is 29.6. The molecule has 3 aromatic carbocycles. The van der Waals surface area contributed by atoms with E-state index in [0.717, 1.165) is 6.92 Å². The Morgan fingerprint density at radius 2 is 1.73 bits per heavy atom. The molecular formula is C24H16O9. The molecule has 33 heavy (non-hydrogen) atoms. The van der Waals surface area contributed by atoms with Crippen molar-refractivity contribution in [2.45, 2.75) is 18.6 Å². The molecule has 0 bridgehead atoms. The Morgan fingerprint density at radius 3 is 2.48 bits per heavy atom. The summed E-state index contributed by atoms with van der Waals surface area (Å²) in [5.41, 5.74) is -0.557. The van der Waals surface area contributed by atoms with E-state index in [-0.39, 0.29) is 22.8 Å². The number of carbonyl (C=O) groups is 3. The van der Waals surface area contributed by atoms with Crippen LogP contribution >= 0.6 is 0 Å². The zero-order valence-electron chi connectivity index (χ0n) is 17.1. The van der Waals surface area contributed by atoms with Gasteiger partial charge in [-0.3, -0.25) is 0 Å². The number of phenols is 2. The van der Waals surface area contributed by atoms with Crippen LogP contribution < -0.4 is 4.74 Å². The van der Waals surface area contributed by atoms with Gasteiger partial charge in [-0.05, 0) is 37.3 Å². The zero-order valence-corrected chi connectivity index (χ0v) is 17.1. The maximum atomic E-state index is 12.9. The standard InChI is InChI=1S/C24H16O9/c1-11(21(27)28)31-23(30)19-17(26)9-8-16-20(19)32-18-10-12(25)6-7-15(18)24(16)14-5-3-2-4-13(14)22(29)33-24/h2-11,25-26H,1H3,(H,27,28). The van der Waals surface area contributed by atoms with Crippen molar-refractivity contribution in [2.75, 3.05) is 0 Å². The number of ether oxygens (including phenoxy) is 3. The molecule has 2 aliphatic heterocycles. The lowest BCUT2D eigenvalue weighted by molar-refractivity contribution is -0.146. The lowest BCUT2D eigenvalue weighted by atomic mass is 9.77. The van der Waals surface area contributed by atoms with E-state index < -0.39 is 40.9 Å². The van der Waals surface area contributed by atoms with Gasteiger partial charge in [-0.15, -0.1) is 0 Å². The summed E-state index contributed by atoms with van der Waals surface area (Å²) in [6.07, 6.45) is -1.49. The van der Waals surface area contributed by atoms with E-state index in [9.17, 15) is 24.6 Å². The molecule has 166 valence electrons. The van der Waals surface area contributed by atoms with E-state index >= 15 is 0 Å². The number of carbonyl (C=O) groups excluding carboxylic acids is 2. The van der Waals surface area contributed by atoms with Gasteiger partial charge in [0.05, 0.1) is 5.56 Å². The van der Waals surface area contributed by atoms with Gasteiger partial charge in [0.1, 0.15) is 22.8 Å². The maximum absolute atomic E-state index is 12.9. The molecule has 2 atom stereocenters. The van der Waals surface area contributed by atoms with E-state index in [2.05, 4.69) is 0 Å². The number of aliphatic carboxylic acids is 1. The van der Waals surface area contributed by atoms with Crippen molar-refractivity contribution in [2.24, 2.45) is 0 Å². The molecule has 5 rings (SSSR count). The number of esters is 2. The molecule has 0 aromatic heterocycles. The summed E-state index contributed by atoms with van der Waals surface area (Å²) in [6, 6.07) is 13.6. The van der Waals surface area contributed by atoms with Gasteiger partial charge in [0.15, 0.2) is 17.5 Å². The van der Waals surface area contributed by atoms with Gasteiger partial charge in [-0.25, -0.2) is 14.4 Å². The van der Waals surface area contributed by atoms with Gasteiger partial charge in [0, 0.05) is 22.8 Å². The minimum Gasteiger partial charge on any atom is -0.508 e. The summed E-state index contributed by atoms with van der Waals surface area (Å²) in [4.78, 5) is 36.8. The smallest absolute Gasteiger partial charge is 0.346 e. The number of aromatic hydroxyl groups is 2. The predicted octanol–water partition coefficient (Wildman–Crippen LogP) is 3.30. The van der Waals surface area contributed by atoms with Gasteiger partial charge in [0.25, 0.3) is 0 Å². The molecule has 0 radical (unpaired) electrons. The summed E-state index contributed by atoms with van der Waals surface area (Å²) in [7, 11) is 0. The summed E-state index contributed by atoms with van der Waals surface area (Å²) in [5.74, 6) is -3.89.